The Kier molecular flexibility index (Phi) is 4.38. The van der Waals surface area contributed by atoms with E-state index in [1.165, 1.54) is 17.2 Å². The summed E-state index contributed by atoms with van der Waals surface area (Å²) >= 11 is 3.34. The molecule has 2 nitrogen and oxygen atoms in total. The van der Waals surface area contributed by atoms with Crippen LogP contribution < -0.4 is 11.3 Å². The van der Waals surface area contributed by atoms with Gasteiger partial charge < -0.3 is 0 Å². The van der Waals surface area contributed by atoms with Gasteiger partial charge in [-0.05, 0) is 60.1 Å². The number of nitrogens with one attached hydrogen (secondary N) is 1. The number of benzene rings is 2. The molecule has 0 radical (unpaired) electrons. The van der Waals surface area contributed by atoms with Crippen molar-refractivity contribution in [3.63, 3.8) is 0 Å². The molecule has 0 saturated heterocycles. The van der Waals surface area contributed by atoms with Crippen molar-refractivity contribution < 1.29 is 4.39 Å². The predicted octanol–water partition coefficient (Wildman–Crippen LogP) is 3.38. The molecule has 1 aliphatic rings. The first-order valence-corrected chi connectivity index (χ1v) is 7.93. The molecule has 2 aromatic carbocycles. The Morgan fingerprint density at radius 1 is 1.19 bits per heavy atom. The minimum absolute atomic E-state index is 0.145. The van der Waals surface area contributed by atoms with Crippen LogP contribution in [0.1, 0.15) is 16.7 Å². The van der Waals surface area contributed by atoms with Gasteiger partial charge in [0, 0.05) is 10.5 Å². The van der Waals surface area contributed by atoms with Crippen molar-refractivity contribution >= 4 is 15.9 Å². The summed E-state index contributed by atoms with van der Waals surface area (Å²) in [7, 11) is 0. The molecule has 3 rings (SSSR count). The van der Waals surface area contributed by atoms with Crippen LogP contribution in [0.2, 0.25) is 0 Å². The van der Waals surface area contributed by atoms with Crippen LogP contribution in [0, 0.1) is 11.7 Å². The summed E-state index contributed by atoms with van der Waals surface area (Å²) in [5, 5.41) is 0. The third-order valence-electron chi connectivity index (χ3n) is 4.24. The highest BCUT2D eigenvalue weighted by atomic mass is 79.9. The van der Waals surface area contributed by atoms with E-state index >= 15 is 0 Å². The number of hydrazine groups is 1. The van der Waals surface area contributed by atoms with Crippen LogP contribution in [0.4, 0.5) is 4.39 Å². The van der Waals surface area contributed by atoms with Crippen LogP contribution in [0.25, 0.3) is 0 Å². The van der Waals surface area contributed by atoms with Gasteiger partial charge in [0.2, 0.25) is 0 Å². The van der Waals surface area contributed by atoms with Gasteiger partial charge in [0.15, 0.2) is 0 Å². The third-order valence-corrected chi connectivity index (χ3v) is 4.70. The van der Waals surface area contributed by atoms with Gasteiger partial charge in [-0.3, -0.25) is 11.3 Å². The maximum atomic E-state index is 13.5. The van der Waals surface area contributed by atoms with Crippen molar-refractivity contribution in [2.75, 3.05) is 0 Å². The third kappa shape index (κ3) is 3.34. The van der Waals surface area contributed by atoms with Crippen LogP contribution >= 0.6 is 15.9 Å². The molecule has 4 heteroatoms. The first-order valence-electron chi connectivity index (χ1n) is 7.13. The Morgan fingerprint density at radius 2 is 1.86 bits per heavy atom. The van der Waals surface area contributed by atoms with Gasteiger partial charge in [-0.25, -0.2) is 4.39 Å². The van der Waals surface area contributed by atoms with E-state index in [2.05, 4.69) is 45.6 Å². The van der Waals surface area contributed by atoms with Gasteiger partial charge in [0.05, 0.1) is 0 Å². The standard InChI is InChI=1S/C17H18BrFN2/c18-15-5-11(6-16(19)10-15)7-17(21-20)14-8-12-3-1-2-4-13(12)9-14/h1-6,10,14,17,21H,7-9,20H2. The zero-order chi connectivity index (χ0) is 14.8. The lowest BCUT2D eigenvalue weighted by molar-refractivity contribution is 0.366. The summed E-state index contributed by atoms with van der Waals surface area (Å²) < 4.78 is 14.3. The highest BCUT2D eigenvalue weighted by molar-refractivity contribution is 9.10. The number of rotatable bonds is 4. The van der Waals surface area contributed by atoms with Crippen molar-refractivity contribution in [3.05, 3.63) is 69.4 Å². The Balaban J connectivity index is 1.75. The van der Waals surface area contributed by atoms with E-state index in [9.17, 15) is 4.39 Å². The van der Waals surface area contributed by atoms with E-state index in [1.54, 1.807) is 6.07 Å². The lowest BCUT2D eigenvalue weighted by atomic mass is 9.91. The molecule has 0 saturated carbocycles. The molecular weight excluding hydrogens is 331 g/mol. The highest BCUT2D eigenvalue weighted by Crippen LogP contribution is 2.30. The fraction of sp³-hybridized carbons (Fsp3) is 0.294. The Labute approximate surface area is 132 Å². The topological polar surface area (TPSA) is 38.0 Å². The molecule has 2 aromatic rings. The minimum Gasteiger partial charge on any atom is -0.271 e. The van der Waals surface area contributed by atoms with Crippen LogP contribution in [-0.2, 0) is 19.3 Å². The van der Waals surface area contributed by atoms with Crippen LogP contribution in [0.3, 0.4) is 0 Å². The first-order chi connectivity index (χ1) is 10.2. The number of hydrogen-bond acceptors (Lipinski definition) is 2. The van der Waals surface area contributed by atoms with E-state index in [0.717, 1.165) is 29.3 Å². The normalized spacial score (nSPS) is 16.0. The molecule has 0 aliphatic heterocycles. The van der Waals surface area contributed by atoms with Gasteiger partial charge >= 0.3 is 0 Å². The fourth-order valence-electron chi connectivity index (χ4n) is 3.22. The molecule has 0 heterocycles. The van der Waals surface area contributed by atoms with Crippen molar-refractivity contribution in [1.29, 1.82) is 0 Å². The molecule has 0 aromatic heterocycles. The summed E-state index contributed by atoms with van der Waals surface area (Å²) in [5.41, 5.74) is 6.70. The Morgan fingerprint density at radius 3 is 2.43 bits per heavy atom. The lowest BCUT2D eigenvalue weighted by Gasteiger charge is -2.23. The van der Waals surface area contributed by atoms with E-state index in [4.69, 9.17) is 5.84 Å². The summed E-state index contributed by atoms with van der Waals surface area (Å²) in [6, 6.07) is 13.7. The van der Waals surface area contributed by atoms with Crippen molar-refractivity contribution in [2.45, 2.75) is 25.3 Å². The van der Waals surface area contributed by atoms with Gasteiger partial charge in [0.1, 0.15) is 5.82 Å². The van der Waals surface area contributed by atoms with Crippen LogP contribution in [0.15, 0.2) is 46.9 Å². The molecule has 0 spiro atoms. The maximum Gasteiger partial charge on any atom is 0.124 e. The lowest BCUT2D eigenvalue weighted by Crippen LogP contribution is -2.42. The zero-order valence-electron chi connectivity index (χ0n) is 11.7. The summed E-state index contributed by atoms with van der Waals surface area (Å²) in [5.74, 6) is 5.99. The second-order valence-corrected chi connectivity index (χ2v) is 6.61. The maximum absolute atomic E-state index is 13.5. The second-order valence-electron chi connectivity index (χ2n) is 5.69. The number of fused-ring (bicyclic) bond motifs is 1. The molecule has 0 bridgehead atoms. The monoisotopic (exact) mass is 348 g/mol. The molecule has 0 amide bonds. The molecule has 3 N–H and O–H groups in total. The SMILES string of the molecule is NNC(Cc1cc(F)cc(Br)c1)C1Cc2ccccc2C1. The molecule has 1 unspecified atom stereocenters. The average molecular weight is 349 g/mol. The second kappa shape index (κ2) is 6.26. The van der Waals surface area contributed by atoms with Crippen molar-refractivity contribution in [3.8, 4) is 0 Å². The molecule has 1 atom stereocenters. The van der Waals surface area contributed by atoms with Gasteiger partial charge in [-0.1, -0.05) is 40.2 Å². The average Bonchev–Trinajstić information content (AvgIpc) is 2.87. The Bertz CT molecular complexity index is 599. The van der Waals surface area contributed by atoms with E-state index in [0.29, 0.717) is 5.92 Å². The van der Waals surface area contributed by atoms with Gasteiger partial charge in [0.25, 0.3) is 0 Å². The molecule has 21 heavy (non-hydrogen) atoms. The van der Waals surface area contributed by atoms with Crippen molar-refractivity contribution in [1.82, 2.24) is 5.43 Å². The zero-order valence-corrected chi connectivity index (χ0v) is 13.2. The van der Waals surface area contributed by atoms with Gasteiger partial charge in [-0.2, -0.15) is 0 Å². The highest BCUT2D eigenvalue weighted by Gasteiger charge is 2.28. The molecule has 0 fully saturated rings. The Hall–Kier alpha value is -1.23. The van der Waals surface area contributed by atoms with Crippen LogP contribution in [-0.4, -0.2) is 6.04 Å². The number of hydrogen-bond donors (Lipinski definition) is 2. The van der Waals surface area contributed by atoms with Gasteiger partial charge in [-0.15, -0.1) is 0 Å². The predicted molar refractivity (Wildman–Crippen MR) is 86.3 cm³/mol. The van der Waals surface area contributed by atoms with Crippen molar-refractivity contribution in [2.24, 2.45) is 11.8 Å². The summed E-state index contributed by atoms with van der Waals surface area (Å²) in [6.45, 7) is 0. The quantitative estimate of drug-likeness (QED) is 0.656. The molecular formula is C17H18BrFN2. The number of nitrogens with two attached hydrogens (primary N) is 1. The largest absolute Gasteiger partial charge is 0.271 e. The molecule has 110 valence electrons. The smallest absolute Gasteiger partial charge is 0.124 e. The summed E-state index contributed by atoms with van der Waals surface area (Å²) in [4.78, 5) is 0. The van der Waals surface area contributed by atoms with Crippen LogP contribution in [0.5, 0.6) is 0 Å². The van der Waals surface area contributed by atoms with E-state index in [1.807, 2.05) is 6.07 Å². The summed E-state index contributed by atoms with van der Waals surface area (Å²) in [6.07, 6.45) is 2.79. The fourth-order valence-corrected chi connectivity index (χ4v) is 3.73. The first kappa shape index (κ1) is 14.7. The number of halogens is 2. The van der Waals surface area contributed by atoms with E-state index < -0.39 is 0 Å². The minimum atomic E-state index is -0.218. The van der Waals surface area contributed by atoms with E-state index in [-0.39, 0.29) is 11.9 Å². The molecule has 1 aliphatic carbocycles.